The number of aryl methyl sites for hydroxylation is 2. The molecule has 0 amide bonds. The molecule has 128 valence electrons. The number of benzene rings is 2. The number of ether oxygens (including phenoxy) is 1. The number of para-hydroxylation sites is 1. The quantitative estimate of drug-likeness (QED) is 0.566. The molecule has 3 nitrogen and oxygen atoms in total. The minimum atomic E-state index is -0.485. The van der Waals surface area contributed by atoms with Gasteiger partial charge in [0, 0.05) is 16.5 Å². The fourth-order valence-corrected chi connectivity index (χ4v) is 3.17. The molecule has 2 aromatic carbocycles. The standard InChI is InChI=1S/C21H20ClNO2/c1-12(2)25-19-8-6-5-7-15(19)18-11-17(21(22)24)16-10-13(3)9-14(4)20(16)23-18/h5-12H,1-4H3. The highest BCUT2D eigenvalue weighted by Gasteiger charge is 2.16. The highest BCUT2D eigenvalue weighted by Crippen LogP contribution is 2.33. The van der Waals surface area contributed by atoms with Crippen molar-refractivity contribution in [2.75, 3.05) is 0 Å². The Labute approximate surface area is 152 Å². The van der Waals surface area contributed by atoms with Crippen molar-refractivity contribution in [3.05, 3.63) is 59.2 Å². The van der Waals surface area contributed by atoms with E-state index in [1.54, 1.807) is 6.07 Å². The van der Waals surface area contributed by atoms with E-state index in [1.165, 1.54) is 0 Å². The summed E-state index contributed by atoms with van der Waals surface area (Å²) in [4.78, 5) is 16.8. The first-order chi connectivity index (χ1) is 11.9. The second-order valence-electron chi connectivity index (χ2n) is 6.47. The fraction of sp³-hybridized carbons (Fsp3) is 0.238. The first-order valence-corrected chi connectivity index (χ1v) is 8.62. The topological polar surface area (TPSA) is 39.2 Å². The molecule has 0 spiro atoms. The molecule has 0 radical (unpaired) electrons. The van der Waals surface area contributed by atoms with Gasteiger partial charge in [-0.3, -0.25) is 4.79 Å². The molecule has 0 atom stereocenters. The smallest absolute Gasteiger partial charge is 0.253 e. The molecule has 0 N–H and O–H groups in total. The SMILES string of the molecule is Cc1cc(C)c2nc(-c3ccccc3OC(C)C)cc(C(=O)Cl)c2c1. The van der Waals surface area contributed by atoms with E-state index in [-0.39, 0.29) is 6.10 Å². The lowest BCUT2D eigenvalue weighted by molar-refractivity contribution is 0.108. The van der Waals surface area contributed by atoms with E-state index in [1.807, 2.05) is 58.0 Å². The van der Waals surface area contributed by atoms with Crippen LogP contribution in [0.5, 0.6) is 5.75 Å². The molecule has 0 aliphatic heterocycles. The fourth-order valence-electron chi connectivity index (χ4n) is 3.02. The highest BCUT2D eigenvalue weighted by molar-refractivity contribution is 6.68. The second kappa shape index (κ2) is 6.85. The van der Waals surface area contributed by atoms with Crippen LogP contribution in [0.15, 0.2) is 42.5 Å². The first-order valence-electron chi connectivity index (χ1n) is 8.24. The molecule has 25 heavy (non-hydrogen) atoms. The maximum Gasteiger partial charge on any atom is 0.253 e. The van der Waals surface area contributed by atoms with Gasteiger partial charge in [-0.05, 0) is 69.1 Å². The van der Waals surface area contributed by atoms with E-state index in [0.717, 1.165) is 33.3 Å². The Kier molecular flexibility index (Phi) is 4.78. The lowest BCUT2D eigenvalue weighted by atomic mass is 10.00. The lowest BCUT2D eigenvalue weighted by Crippen LogP contribution is -2.07. The third-order valence-electron chi connectivity index (χ3n) is 3.99. The van der Waals surface area contributed by atoms with Gasteiger partial charge >= 0.3 is 0 Å². The van der Waals surface area contributed by atoms with Crippen LogP contribution < -0.4 is 4.74 Å². The van der Waals surface area contributed by atoms with Crippen molar-refractivity contribution in [2.24, 2.45) is 0 Å². The number of aromatic nitrogens is 1. The second-order valence-corrected chi connectivity index (χ2v) is 6.81. The summed E-state index contributed by atoms with van der Waals surface area (Å²) in [7, 11) is 0. The minimum absolute atomic E-state index is 0.0418. The van der Waals surface area contributed by atoms with Crippen LogP contribution in [0.1, 0.15) is 35.3 Å². The van der Waals surface area contributed by atoms with Crippen LogP contribution in [-0.2, 0) is 0 Å². The van der Waals surface area contributed by atoms with E-state index >= 15 is 0 Å². The van der Waals surface area contributed by atoms with Gasteiger partial charge in [-0.15, -0.1) is 0 Å². The summed E-state index contributed by atoms with van der Waals surface area (Å²) in [6.45, 7) is 7.94. The maximum atomic E-state index is 12.0. The summed E-state index contributed by atoms with van der Waals surface area (Å²) in [5.41, 5.74) is 4.86. The summed E-state index contributed by atoms with van der Waals surface area (Å²) >= 11 is 5.87. The zero-order valence-corrected chi connectivity index (χ0v) is 15.5. The van der Waals surface area contributed by atoms with Crippen LogP contribution in [-0.4, -0.2) is 16.3 Å². The zero-order chi connectivity index (χ0) is 18.1. The number of rotatable bonds is 4. The van der Waals surface area contributed by atoms with Gasteiger partial charge in [-0.1, -0.05) is 23.8 Å². The summed E-state index contributed by atoms with van der Waals surface area (Å²) in [5, 5.41) is 0.296. The summed E-state index contributed by atoms with van der Waals surface area (Å²) in [5.74, 6) is 0.738. The highest BCUT2D eigenvalue weighted by atomic mass is 35.5. The number of nitrogens with zero attached hydrogens (tertiary/aromatic N) is 1. The number of fused-ring (bicyclic) bond motifs is 1. The molecule has 0 saturated carbocycles. The number of carbonyl (C=O) groups excluding carboxylic acids is 1. The van der Waals surface area contributed by atoms with Crippen molar-refractivity contribution in [1.29, 1.82) is 0 Å². The van der Waals surface area contributed by atoms with Crippen molar-refractivity contribution in [3.8, 4) is 17.0 Å². The molecule has 4 heteroatoms. The van der Waals surface area contributed by atoms with Gasteiger partial charge in [0.15, 0.2) is 0 Å². The normalized spacial score (nSPS) is 11.1. The van der Waals surface area contributed by atoms with Gasteiger partial charge < -0.3 is 4.74 Å². The Hall–Kier alpha value is -2.39. The largest absolute Gasteiger partial charge is 0.490 e. The van der Waals surface area contributed by atoms with Gasteiger partial charge in [-0.25, -0.2) is 4.98 Å². The third-order valence-corrected chi connectivity index (χ3v) is 4.19. The number of pyridine rings is 1. The van der Waals surface area contributed by atoms with E-state index in [0.29, 0.717) is 11.3 Å². The van der Waals surface area contributed by atoms with Crippen LogP contribution in [0.25, 0.3) is 22.2 Å². The van der Waals surface area contributed by atoms with Crippen molar-refractivity contribution in [1.82, 2.24) is 4.98 Å². The monoisotopic (exact) mass is 353 g/mol. The average Bonchev–Trinajstić information content (AvgIpc) is 2.54. The lowest BCUT2D eigenvalue weighted by Gasteiger charge is -2.15. The number of hydrogen-bond donors (Lipinski definition) is 0. The molecule has 3 aromatic rings. The van der Waals surface area contributed by atoms with Gasteiger partial charge in [0.2, 0.25) is 0 Å². The molecule has 0 aliphatic rings. The Morgan fingerprint density at radius 2 is 1.84 bits per heavy atom. The Balaban J connectivity index is 2.30. The van der Waals surface area contributed by atoms with Crippen molar-refractivity contribution < 1.29 is 9.53 Å². The third kappa shape index (κ3) is 3.52. The summed E-state index contributed by atoms with van der Waals surface area (Å²) in [6.07, 6.45) is 0.0418. The number of hydrogen-bond acceptors (Lipinski definition) is 3. The number of carbonyl (C=O) groups is 1. The molecule has 1 aromatic heterocycles. The Bertz CT molecular complexity index is 964. The minimum Gasteiger partial charge on any atom is -0.490 e. The van der Waals surface area contributed by atoms with Gasteiger partial charge in [0.25, 0.3) is 5.24 Å². The average molecular weight is 354 g/mol. The zero-order valence-electron chi connectivity index (χ0n) is 14.8. The number of halogens is 1. The summed E-state index contributed by atoms with van der Waals surface area (Å²) in [6, 6.07) is 13.5. The summed E-state index contributed by atoms with van der Waals surface area (Å²) < 4.78 is 5.90. The van der Waals surface area contributed by atoms with Crippen LogP contribution in [0.3, 0.4) is 0 Å². The predicted molar refractivity (Wildman–Crippen MR) is 103 cm³/mol. The van der Waals surface area contributed by atoms with E-state index < -0.39 is 5.24 Å². The molecular formula is C21H20ClNO2. The van der Waals surface area contributed by atoms with Crippen LogP contribution >= 0.6 is 11.6 Å². The van der Waals surface area contributed by atoms with Crippen molar-refractivity contribution >= 4 is 27.7 Å². The predicted octanol–water partition coefficient (Wildman–Crippen LogP) is 5.68. The molecule has 0 saturated heterocycles. The van der Waals surface area contributed by atoms with E-state index in [4.69, 9.17) is 21.3 Å². The maximum absolute atomic E-state index is 12.0. The van der Waals surface area contributed by atoms with Crippen LogP contribution in [0.4, 0.5) is 0 Å². The van der Waals surface area contributed by atoms with Gasteiger partial charge in [0.05, 0.1) is 17.3 Å². The molecular weight excluding hydrogens is 334 g/mol. The molecule has 0 aliphatic carbocycles. The van der Waals surface area contributed by atoms with Crippen molar-refractivity contribution in [3.63, 3.8) is 0 Å². The van der Waals surface area contributed by atoms with Crippen LogP contribution in [0.2, 0.25) is 0 Å². The van der Waals surface area contributed by atoms with E-state index in [9.17, 15) is 4.79 Å². The van der Waals surface area contributed by atoms with Crippen LogP contribution in [0, 0.1) is 13.8 Å². The molecule has 1 heterocycles. The molecule has 0 bridgehead atoms. The van der Waals surface area contributed by atoms with Gasteiger partial charge in [-0.2, -0.15) is 0 Å². The first kappa shape index (κ1) is 17.4. The Morgan fingerprint density at radius 3 is 2.52 bits per heavy atom. The molecule has 0 unspecified atom stereocenters. The molecule has 0 fully saturated rings. The van der Waals surface area contributed by atoms with Crippen molar-refractivity contribution in [2.45, 2.75) is 33.8 Å². The van der Waals surface area contributed by atoms with Gasteiger partial charge in [0.1, 0.15) is 5.75 Å². The molecule has 3 rings (SSSR count). The Morgan fingerprint density at radius 1 is 1.12 bits per heavy atom. The van der Waals surface area contributed by atoms with E-state index in [2.05, 4.69) is 6.07 Å².